The predicted octanol–water partition coefficient (Wildman–Crippen LogP) is 1.85. The third-order valence-corrected chi connectivity index (χ3v) is 3.43. The normalized spacial score (nSPS) is 15.1. The van der Waals surface area contributed by atoms with Crippen LogP contribution in [0.25, 0.3) is 0 Å². The summed E-state index contributed by atoms with van der Waals surface area (Å²) in [4.78, 5) is 17.0. The molecule has 2 heterocycles. The van der Waals surface area contributed by atoms with Crippen molar-refractivity contribution in [2.75, 3.05) is 13.2 Å². The Hall–Kier alpha value is -2.68. The molecule has 0 atom stereocenters. The lowest BCUT2D eigenvalue weighted by atomic mass is 10.2. The summed E-state index contributed by atoms with van der Waals surface area (Å²) in [5.74, 6) is -0.544. The molecule has 1 aliphatic rings. The standard InChI is InChI=1S/C13H11ClFN5O3/c14-8-5-7(1-2-9(8)15)17-12(16)11-10(18-23-19-11)6-20-3-4-22-13(20)21/h1-2,5H,3-4,6H2,(H2,16,17). The van der Waals surface area contributed by atoms with E-state index in [4.69, 9.17) is 22.1 Å². The van der Waals surface area contributed by atoms with Gasteiger partial charge in [-0.15, -0.1) is 0 Å². The molecule has 23 heavy (non-hydrogen) atoms. The first-order chi connectivity index (χ1) is 11.0. The maximum Gasteiger partial charge on any atom is 0.410 e. The molecule has 1 aromatic carbocycles. The van der Waals surface area contributed by atoms with Crippen LogP contribution >= 0.6 is 11.6 Å². The third-order valence-electron chi connectivity index (χ3n) is 3.14. The van der Waals surface area contributed by atoms with Gasteiger partial charge in [-0.25, -0.2) is 18.8 Å². The summed E-state index contributed by atoms with van der Waals surface area (Å²) in [6.07, 6.45) is -0.445. The highest BCUT2D eigenvalue weighted by Gasteiger charge is 2.25. The summed E-state index contributed by atoms with van der Waals surface area (Å²) in [5.41, 5.74) is 6.78. The molecule has 0 unspecified atom stereocenters. The Bertz CT molecular complexity index is 779. The maximum absolute atomic E-state index is 13.1. The van der Waals surface area contributed by atoms with E-state index in [2.05, 4.69) is 19.9 Å². The monoisotopic (exact) mass is 339 g/mol. The van der Waals surface area contributed by atoms with Gasteiger partial charge in [-0.2, -0.15) is 0 Å². The van der Waals surface area contributed by atoms with Crippen LogP contribution in [0.5, 0.6) is 0 Å². The van der Waals surface area contributed by atoms with E-state index in [0.717, 1.165) is 0 Å². The van der Waals surface area contributed by atoms with E-state index in [-0.39, 0.29) is 23.1 Å². The molecule has 1 saturated heterocycles. The highest BCUT2D eigenvalue weighted by Crippen LogP contribution is 2.22. The molecule has 0 saturated carbocycles. The van der Waals surface area contributed by atoms with Crippen molar-refractivity contribution < 1.29 is 18.6 Å². The number of amides is 1. The van der Waals surface area contributed by atoms with Crippen molar-refractivity contribution in [3.8, 4) is 0 Å². The number of hydrogen-bond acceptors (Lipinski definition) is 6. The number of aliphatic imine (C=N–C) groups is 1. The number of aromatic nitrogens is 2. The molecule has 1 fully saturated rings. The molecule has 0 spiro atoms. The number of benzene rings is 1. The molecule has 2 N–H and O–H groups in total. The fourth-order valence-corrected chi connectivity index (χ4v) is 2.18. The summed E-state index contributed by atoms with van der Waals surface area (Å²) in [6.45, 7) is 0.894. The van der Waals surface area contributed by atoms with Gasteiger partial charge in [0.15, 0.2) is 11.5 Å². The van der Waals surface area contributed by atoms with E-state index in [1.54, 1.807) is 0 Å². The average Bonchev–Trinajstić information content (AvgIpc) is 3.13. The van der Waals surface area contributed by atoms with Gasteiger partial charge in [-0.3, -0.25) is 4.90 Å². The summed E-state index contributed by atoms with van der Waals surface area (Å²) in [7, 11) is 0. The van der Waals surface area contributed by atoms with Crippen LogP contribution in [0, 0.1) is 5.82 Å². The minimum atomic E-state index is -0.555. The number of ether oxygens (including phenoxy) is 1. The Balaban J connectivity index is 1.83. The average molecular weight is 340 g/mol. The van der Waals surface area contributed by atoms with Crippen LogP contribution in [0.4, 0.5) is 14.9 Å². The number of rotatable bonds is 4. The van der Waals surface area contributed by atoms with E-state index in [1.807, 2.05) is 0 Å². The Labute approximate surface area is 134 Å². The zero-order chi connectivity index (χ0) is 16.4. The van der Waals surface area contributed by atoms with Crippen molar-refractivity contribution in [1.29, 1.82) is 0 Å². The number of halogens is 2. The zero-order valence-corrected chi connectivity index (χ0v) is 12.5. The van der Waals surface area contributed by atoms with Crippen molar-refractivity contribution in [2.24, 2.45) is 10.7 Å². The summed E-state index contributed by atoms with van der Waals surface area (Å²) >= 11 is 5.69. The second-order valence-corrected chi connectivity index (χ2v) is 5.10. The first-order valence-electron chi connectivity index (χ1n) is 6.57. The van der Waals surface area contributed by atoms with E-state index in [0.29, 0.717) is 24.5 Å². The van der Waals surface area contributed by atoms with Crippen molar-refractivity contribution >= 4 is 29.2 Å². The van der Waals surface area contributed by atoms with Gasteiger partial charge in [0, 0.05) is 0 Å². The molecular formula is C13H11ClFN5O3. The van der Waals surface area contributed by atoms with Crippen LogP contribution in [0.2, 0.25) is 5.02 Å². The van der Waals surface area contributed by atoms with Gasteiger partial charge in [0.25, 0.3) is 0 Å². The SMILES string of the molecule is NC(=Nc1ccc(F)c(Cl)c1)c1nonc1CN1CCOC1=O. The van der Waals surface area contributed by atoms with Crippen LogP contribution in [0.1, 0.15) is 11.4 Å². The van der Waals surface area contributed by atoms with Crippen molar-refractivity contribution in [3.05, 3.63) is 40.4 Å². The lowest BCUT2D eigenvalue weighted by Gasteiger charge is -2.10. The minimum Gasteiger partial charge on any atom is -0.448 e. The molecule has 0 bridgehead atoms. The lowest BCUT2D eigenvalue weighted by molar-refractivity contribution is 0.156. The smallest absolute Gasteiger partial charge is 0.410 e. The molecule has 0 radical (unpaired) electrons. The van der Waals surface area contributed by atoms with Crippen LogP contribution in [-0.4, -0.2) is 40.3 Å². The fourth-order valence-electron chi connectivity index (χ4n) is 2.00. The molecule has 1 amide bonds. The van der Waals surface area contributed by atoms with Gasteiger partial charge in [-0.1, -0.05) is 16.8 Å². The van der Waals surface area contributed by atoms with Crippen molar-refractivity contribution in [1.82, 2.24) is 15.2 Å². The van der Waals surface area contributed by atoms with E-state index in [9.17, 15) is 9.18 Å². The van der Waals surface area contributed by atoms with Gasteiger partial charge >= 0.3 is 6.09 Å². The summed E-state index contributed by atoms with van der Waals surface area (Å²) < 4.78 is 22.6. The first-order valence-corrected chi connectivity index (χ1v) is 6.95. The highest BCUT2D eigenvalue weighted by atomic mass is 35.5. The first kappa shape index (κ1) is 15.2. The van der Waals surface area contributed by atoms with Crippen LogP contribution in [0.15, 0.2) is 27.8 Å². The largest absolute Gasteiger partial charge is 0.448 e. The van der Waals surface area contributed by atoms with Crippen LogP contribution in [-0.2, 0) is 11.3 Å². The van der Waals surface area contributed by atoms with Crippen molar-refractivity contribution in [3.63, 3.8) is 0 Å². The van der Waals surface area contributed by atoms with Crippen LogP contribution < -0.4 is 5.73 Å². The molecule has 8 nitrogen and oxygen atoms in total. The van der Waals surface area contributed by atoms with E-state index in [1.165, 1.54) is 23.1 Å². The van der Waals surface area contributed by atoms with Gasteiger partial charge in [0.2, 0.25) is 0 Å². The zero-order valence-electron chi connectivity index (χ0n) is 11.7. The molecule has 1 aliphatic heterocycles. The summed E-state index contributed by atoms with van der Waals surface area (Å²) in [6, 6.07) is 3.92. The number of nitrogens with two attached hydrogens (primary N) is 1. The van der Waals surface area contributed by atoms with E-state index >= 15 is 0 Å². The van der Waals surface area contributed by atoms with Gasteiger partial charge in [0.1, 0.15) is 18.1 Å². The van der Waals surface area contributed by atoms with Gasteiger partial charge in [0.05, 0.1) is 23.8 Å². The van der Waals surface area contributed by atoms with Gasteiger partial charge in [-0.05, 0) is 23.4 Å². The van der Waals surface area contributed by atoms with Crippen LogP contribution in [0.3, 0.4) is 0 Å². The quantitative estimate of drug-likeness (QED) is 0.673. The second-order valence-electron chi connectivity index (χ2n) is 4.69. The molecule has 1 aromatic heterocycles. The number of hydrogen-bond donors (Lipinski definition) is 1. The fraction of sp³-hybridized carbons (Fsp3) is 0.231. The second kappa shape index (κ2) is 6.21. The number of cyclic esters (lactones) is 1. The van der Waals surface area contributed by atoms with E-state index < -0.39 is 11.9 Å². The Morgan fingerprint density at radius 2 is 2.30 bits per heavy atom. The number of carbonyl (C=O) groups excluding carboxylic acids is 1. The van der Waals surface area contributed by atoms with Crippen molar-refractivity contribution in [2.45, 2.75) is 6.54 Å². The molecule has 3 rings (SSSR count). The molecule has 2 aromatic rings. The van der Waals surface area contributed by atoms with Gasteiger partial charge < -0.3 is 10.5 Å². The molecule has 120 valence electrons. The topological polar surface area (TPSA) is 107 Å². The summed E-state index contributed by atoms with van der Waals surface area (Å²) in [5, 5.41) is 7.35. The Kier molecular flexibility index (Phi) is 4.11. The number of nitrogens with zero attached hydrogens (tertiary/aromatic N) is 4. The third kappa shape index (κ3) is 3.24. The number of carbonyl (C=O) groups is 1. The Morgan fingerprint density at radius 1 is 1.48 bits per heavy atom. The molecule has 0 aliphatic carbocycles. The number of amidine groups is 1. The highest BCUT2D eigenvalue weighted by molar-refractivity contribution is 6.31. The maximum atomic E-state index is 13.1. The molecule has 10 heteroatoms. The lowest BCUT2D eigenvalue weighted by Crippen LogP contribution is -2.26. The minimum absolute atomic E-state index is 0.0106. The predicted molar refractivity (Wildman–Crippen MR) is 77.9 cm³/mol. The Morgan fingerprint density at radius 3 is 3.00 bits per heavy atom. The molecular weight excluding hydrogens is 329 g/mol.